The number of benzene rings is 2. The molecule has 0 saturated carbocycles. The van der Waals surface area contributed by atoms with Gasteiger partial charge in [0.2, 0.25) is 0 Å². The number of nitro benzene ring substituents is 1. The molecular weight excluding hydrogens is 374 g/mol. The first-order chi connectivity index (χ1) is 10.4. The van der Waals surface area contributed by atoms with Crippen LogP contribution in [0.15, 0.2) is 46.9 Å². The van der Waals surface area contributed by atoms with E-state index < -0.39 is 17.0 Å². The van der Waals surface area contributed by atoms with E-state index >= 15 is 0 Å². The van der Waals surface area contributed by atoms with E-state index in [4.69, 9.17) is 16.3 Å². The van der Waals surface area contributed by atoms with Crippen LogP contribution in [0.3, 0.4) is 0 Å². The first kappa shape index (κ1) is 16.5. The lowest BCUT2D eigenvalue weighted by atomic mass is 10.1. The van der Waals surface area contributed by atoms with Crippen LogP contribution in [0, 0.1) is 10.1 Å². The first-order valence-electron chi connectivity index (χ1n) is 6.29. The second-order valence-electron chi connectivity index (χ2n) is 4.49. The van der Waals surface area contributed by atoms with Crippen LogP contribution in [0.25, 0.3) is 0 Å². The molecule has 1 atom stereocenters. The molecule has 2 rings (SSSR count). The van der Waals surface area contributed by atoms with E-state index in [9.17, 15) is 14.9 Å². The van der Waals surface area contributed by atoms with Gasteiger partial charge in [0.05, 0.1) is 15.0 Å². The molecule has 0 radical (unpaired) electrons. The summed E-state index contributed by atoms with van der Waals surface area (Å²) in [6, 6.07) is 11.1. The lowest BCUT2D eigenvalue weighted by Crippen LogP contribution is -2.10. The molecular formula is C15H11BrClNO4. The van der Waals surface area contributed by atoms with Gasteiger partial charge in [-0.2, -0.15) is 0 Å². The lowest BCUT2D eigenvalue weighted by Gasteiger charge is -2.15. The average Bonchev–Trinajstić information content (AvgIpc) is 2.47. The topological polar surface area (TPSA) is 69.4 Å². The fraction of sp³-hybridized carbons (Fsp3) is 0.133. The van der Waals surface area contributed by atoms with E-state index in [2.05, 4.69) is 15.9 Å². The molecule has 0 heterocycles. The van der Waals surface area contributed by atoms with Crippen LogP contribution in [0.2, 0.25) is 5.02 Å². The molecule has 0 aliphatic rings. The predicted octanol–water partition coefficient (Wildman–Crippen LogP) is 4.93. The van der Waals surface area contributed by atoms with Gasteiger partial charge in [-0.1, -0.05) is 29.8 Å². The highest BCUT2D eigenvalue weighted by molar-refractivity contribution is 9.10. The maximum atomic E-state index is 12.1. The Hall–Kier alpha value is -1.92. The summed E-state index contributed by atoms with van der Waals surface area (Å²) in [6.45, 7) is 1.69. The number of carbonyl (C=O) groups excluding carboxylic acids is 1. The van der Waals surface area contributed by atoms with Crippen molar-refractivity contribution in [1.82, 2.24) is 0 Å². The van der Waals surface area contributed by atoms with Crippen molar-refractivity contribution in [3.05, 3.63) is 73.2 Å². The van der Waals surface area contributed by atoms with Gasteiger partial charge in [-0.15, -0.1) is 0 Å². The van der Waals surface area contributed by atoms with Crippen molar-refractivity contribution in [1.29, 1.82) is 0 Å². The molecule has 0 amide bonds. The van der Waals surface area contributed by atoms with Crippen LogP contribution in [0.4, 0.5) is 5.69 Å². The summed E-state index contributed by atoms with van der Waals surface area (Å²) in [6.07, 6.45) is -0.566. The zero-order valence-electron chi connectivity index (χ0n) is 11.5. The van der Waals surface area contributed by atoms with Gasteiger partial charge < -0.3 is 4.74 Å². The van der Waals surface area contributed by atoms with Crippen LogP contribution in [-0.2, 0) is 4.74 Å². The first-order valence-corrected chi connectivity index (χ1v) is 7.46. The van der Waals surface area contributed by atoms with Crippen molar-refractivity contribution in [3.63, 3.8) is 0 Å². The number of nitro groups is 1. The van der Waals surface area contributed by atoms with E-state index in [1.54, 1.807) is 31.2 Å². The predicted molar refractivity (Wildman–Crippen MR) is 86.1 cm³/mol. The highest BCUT2D eigenvalue weighted by Gasteiger charge is 2.19. The van der Waals surface area contributed by atoms with Gasteiger partial charge in [-0.05, 0) is 41.1 Å². The third-order valence-corrected chi connectivity index (χ3v) is 4.02. The van der Waals surface area contributed by atoms with Crippen molar-refractivity contribution in [2.75, 3.05) is 0 Å². The molecule has 7 heteroatoms. The number of halogens is 2. The summed E-state index contributed by atoms with van der Waals surface area (Å²) in [5.74, 6) is -0.650. The lowest BCUT2D eigenvalue weighted by molar-refractivity contribution is -0.385. The molecule has 0 bridgehead atoms. The number of hydrogen-bond acceptors (Lipinski definition) is 4. The van der Waals surface area contributed by atoms with Gasteiger partial charge in [0.1, 0.15) is 6.10 Å². The van der Waals surface area contributed by atoms with Gasteiger partial charge in [0, 0.05) is 16.7 Å². The summed E-state index contributed by atoms with van der Waals surface area (Å²) >= 11 is 9.12. The van der Waals surface area contributed by atoms with Crippen LogP contribution in [0.1, 0.15) is 28.9 Å². The number of hydrogen-bond donors (Lipinski definition) is 0. The molecule has 0 saturated heterocycles. The third kappa shape index (κ3) is 3.64. The minimum Gasteiger partial charge on any atom is -0.454 e. The summed E-state index contributed by atoms with van der Waals surface area (Å²) in [4.78, 5) is 22.4. The Morgan fingerprint density at radius 2 is 2.00 bits per heavy atom. The Balaban J connectivity index is 2.21. The fourth-order valence-electron chi connectivity index (χ4n) is 1.88. The van der Waals surface area contributed by atoms with Crippen LogP contribution < -0.4 is 0 Å². The molecule has 2 aromatic carbocycles. The van der Waals surface area contributed by atoms with Gasteiger partial charge >= 0.3 is 5.97 Å². The second kappa shape index (κ2) is 6.89. The molecule has 0 fully saturated rings. The normalized spacial score (nSPS) is 11.8. The van der Waals surface area contributed by atoms with E-state index in [-0.39, 0.29) is 11.3 Å². The molecule has 0 aromatic heterocycles. The Kier molecular flexibility index (Phi) is 5.15. The zero-order valence-corrected chi connectivity index (χ0v) is 13.8. The minimum atomic E-state index is -0.650. The summed E-state index contributed by atoms with van der Waals surface area (Å²) in [5, 5.41) is 11.4. The molecule has 0 spiro atoms. The summed E-state index contributed by atoms with van der Waals surface area (Å²) < 4.78 is 5.62. The largest absolute Gasteiger partial charge is 0.454 e. The number of carbonyl (C=O) groups is 1. The van der Waals surface area contributed by atoms with Crippen LogP contribution in [-0.4, -0.2) is 10.9 Å². The Bertz CT molecular complexity index is 735. The minimum absolute atomic E-state index is 0.105. The van der Waals surface area contributed by atoms with Gasteiger partial charge in [-0.25, -0.2) is 4.79 Å². The van der Waals surface area contributed by atoms with Crippen molar-refractivity contribution in [3.8, 4) is 0 Å². The monoisotopic (exact) mass is 383 g/mol. The summed E-state index contributed by atoms with van der Waals surface area (Å²) in [5.41, 5.74) is 0.581. The quantitative estimate of drug-likeness (QED) is 0.426. The third-order valence-electron chi connectivity index (χ3n) is 3.01. The maximum Gasteiger partial charge on any atom is 0.338 e. The number of esters is 1. The molecule has 22 heavy (non-hydrogen) atoms. The van der Waals surface area contributed by atoms with Gasteiger partial charge in [0.15, 0.2) is 0 Å². The van der Waals surface area contributed by atoms with Crippen molar-refractivity contribution < 1.29 is 14.5 Å². The van der Waals surface area contributed by atoms with E-state index in [1.807, 2.05) is 0 Å². The number of ether oxygens (including phenoxy) is 1. The zero-order chi connectivity index (χ0) is 16.3. The van der Waals surface area contributed by atoms with Crippen molar-refractivity contribution >= 4 is 39.2 Å². The standard InChI is InChI=1S/C15H11BrClNO4/c1-9(11-4-2-3-5-13(11)17)22-15(19)10-6-7-12(16)14(8-10)18(20)21/h2-9H,1H3/t9-/m1/s1. The Morgan fingerprint density at radius 1 is 1.32 bits per heavy atom. The molecule has 0 unspecified atom stereocenters. The van der Waals surface area contributed by atoms with E-state index in [0.29, 0.717) is 15.1 Å². The highest BCUT2D eigenvalue weighted by atomic mass is 79.9. The van der Waals surface area contributed by atoms with Gasteiger partial charge in [0.25, 0.3) is 5.69 Å². The molecule has 0 aliphatic heterocycles. The SMILES string of the molecule is C[C@@H](OC(=O)c1ccc(Br)c([N+](=O)[O-])c1)c1ccccc1Cl. The average molecular weight is 385 g/mol. The molecule has 0 aliphatic carbocycles. The van der Waals surface area contributed by atoms with Crippen LogP contribution >= 0.6 is 27.5 Å². The highest BCUT2D eigenvalue weighted by Crippen LogP contribution is 2.28. The molecule has 114 valence electrons. The second-order valence-corrected chi connectivity index (χ2v) is 5.75. The van der Waals surface area contributed by atoms with Crippen molar-refractivity contribution in [2.45, 2.75) is 13.0 Å². The summed E-state index contributed by atoms with van der Waals surface area (Å²) in [7, 11) is 0. The number of rotatable bonds is 4. The maximum absolute atomic E-state index is 12.1. The van der Waals surface area contributed by atoms with E-state index in [1.165, 1.54) is 18.2 Å². The molecule has 5 nitrogen and oxygen atoms in total. The van der Waals surface area contributed by atoms with Gasteiger partial charge in [-0.3, -0.25) is 10.1 Å². The number of nitrogens with zero attached hydrogens (tertiary/aromatic N) is 1. The van der Waals surface area contributed by atoms with E-state index in [0.717, 1.165) is 0 Å². The molecule has 0 N–H and O–H groups in total. The van der Waals surface area contributed by atoms with Crippen molar-refractivity contribution in [2.24, 2.45) is 0 Å². The Labute approximate surface area is 140 Å². The fourth-order valence-corrected chi connectivity index (χ4v) is 2.56. The Morgan fingerprint density at radius 3 is 2.64 bits per heavy atom. The molecule has 2 aromatic rings. The van der Waals surface area contributed by atoms with Crippen LogP contribution in [0.5, 0.6) is 0 Å². The smallest absolute Gasteiger partial charge is 0.338 e.